The second kappa shape index (κ2) is 21.0. The smallest absolute Gasteiger partial charge is 0.193 e. The number of unbranched alkanes of at least 4 members (excludes halogenated alkanes) is 15. The third kappa shape index (κ3) is 16.4. The van der Waals surface area contributed by atoms with Crippen LogP contribution >= 0.6 is 11.8 Å². The van der Waals surface area contributed by atoms with Crippen molar-refractivity contribution in [1.29, 1.82) is 0 Å². The van der Waals surface area contributed by atoms with Crippen LogP contribution in [0.1, 0.15) is 162 Å². The molecule has 5 heteroatoms. The molecule has 0 fully saturated rings. The number of ketones is 2. The maximum absolute atomic E-state index is 12.1. The lowest BCUT2D eigenvalue weighted by Crippen LogP contribution is -2.31. The van der Waals surface area contributed by atoms with Gasteiger partial charge in [-0.3, -0.25) is 9.59 Å². The molecule has 0 aliphatic rings. The Kier molecular flexibility index (Phi) is 18.2. The second-order valence-electron chi connectivity index (χ2n) is 13.6. The van der Waals surface area contributed by atoms with Crippen LogP contribution in [0.5, 0.6) is 0 Å². The molecule has 0 aromatic heterocycles. The summed E-state index contributed by atoms with van der Waals surface area (Å²) in [6.45, 7) is 6.14. The highest BCUT2D eigenvalue weighted by molar-refractivity contribution is 7.98. The number of carbonyl (C=O) groups excluding carboxylic acids is 2. The second-order valence-corrected chi connectivity index (χ2v) is 14.7. The normalized spacial score (nSPS) is 12.0. The first-order valence-electron chi connectivity index (χ1n) is 17.3. The van der Waals surface area contributed by atoms with E-state index in [4.69, 9.17) is 0 Å². The molecule has 0 bridgehead atoms. The topological polar surface area (TPSA) is 74.6 Å². The quantitative estimate of drug-likeness (QED) is 0.0849. The Hall–Kier alpha value is -1.95. The maximum atomic E-state index is 12.1. The van der Waals surface area contributed by atoms with E-state index < -0.39 is 11.2 Å². The van der Waals surface area contributed by atoms with Crippen molar-refractivity contribution < 1.29 is 19.8 Å². The molecule has 0 saturated heterocycles. The van der Waals surface area contributed by atoms with E-state index in [-0.39, 0.29) is 11.6 Å². The van der Waals surface area contributed by atoms with Gasteiger partial charge in [0.15, 0.2) is 11.6 Å². The van der Waals surface area contributed by atoms with Crippen molar-refractivity contribution in [3.05, 3.63) is 70.8 Å². The molecule has 0 saturated carbocycles. The Morgan fingerprint density at radius 1 is 0.500 bits per heavy atom. The average molecular weight is 625 g/mol. The Morgan fingerprint density at radius 2 is 0.818 bits per heavy atom. The zero-order chi connectivity index (χ0) is 32.3. The fourth-order valence-electron chi connectivity index (χ4n) is 5.48. The van der Waals surface area contributed by atoms with E-state index in [0.717, 1.165) is 12.2 Å². The van der Waals surface area contributed by atoms with Gasteiger partial charge in [-0.15, -0.1) is 0 Å². The van der Waals surface area contributed by atoms with Gasteiger partial charge in [0.25, 0.3) is 0 Å². The first kappa shape index (κ1) is 38.2. The molecule has 0 aliphatic carbocycles. The van der Waals surface area contributed by atoms with E-state index in [1.807, 2.05) is 60.3 Å². The number of Topliss-reactive ketones (excluding diaryl/α,β-unsaturated/α-hetero) is 2. The molecular weight excluding hydrogens is 564 g/mol. The molecule has 0 heterocycles. The molecular formula is C39H60O4S. The van der Waals surface area contributed by atoms with Crippen molar-refractivity contribution in [3.8, 4) is 0 Å². The molecule has 0 radical (unpaired) electrons. The van der Waals surface area contributed by atoms with Crippen LogP contribution in [0.15, 0.2) is 48.5 Å². The van der Waals surface area contributed by atoms with Crippen LogP contribution in [-0.2, 0) is 12.2 Å². The molecule has 246 valence electrons. The van der Waals surface area contributed by atoms with Crippen molar-refractivity contribution in [1.82, 2.24) is 0 Å². The molecule has 2 aromatic carbocycles. The van der Waals surface area contributed by atoms with Crippen LogP contribution in [-0.4, -0.2) is 38.7 Å². The van der Waals surface area contributed by atoms with Crippen molar-refractivity contribution in [3.63, 3.8) is 0 Å². The van der Waals surface area contributed by atoms with Crippen LogP contribution in [0.3, 0.4) is 0 Å². The SMILES string of the molecule is CC(C)(O)C(=O)c1ccc(CCCCCCCCCCCCCCCCCCSCc2ccc(C(=O)C(C)(C)O)cc2)cc1. The van der Waals surface area contributed by atoms with E-state index in [2.05, 4.69) is 0 Å². The Balaban J connectivity index is 1.31. The summed E-state index contributed by atoms with van der Waals surface area (Å²) in [5, 5.41) is 19.7. The molecule has 2 rings (SSSR count). The number of rotatable bonds is 25. The first-order valence-corrected chi connectivity index (χ1v) is 18.4. The molecule has 44 heavy (non-hydrogen) atoms. The zero-order valence-electron chi connectivity index (χ0n) is 28.2. The zero-order valence-corrected chi connectivity index (χ0v) is 29.0. The number of benzene rings is 2. The van der Waals surface area contributed by atoms with Gasteiger partial charge in [-0.2, -0.15) is 11.8 Å². The van der Waals surface area contributed by atoms with Crippen molar-refractivity contribution in [2.75, 3.05) is 5.75 Å². The predicted molar refractivity (Wildman–Crippen MR) is 188 cm³/mol. The van der Waals surface area contributed by atoms with Gasteiger partial charge in [0.2, 0.25) is 0 Å². The lowest BCUT2D eigenvalue weighted by molar-refractivity contribution is 0.0487. The molecule has 0 unspecified atom stereocenters. The first-order chi connectivity index (χ1) is 21.0. The summed E-state index contributed by atoms with van der Waals surface area (Å²) < 4.78 is 0. The monoisotopic (exact) mass is 624 g/mol. The van der Waals surface area contributed by atoms with Gasteiger partial charge in [-0.1, -0.05) is 138 Å². The van der Waals surface area contributed by atoms with E-state index in [1.54, 1.807) is 0 Å². The highest BCUT2D eigenvalue weighted by Gasteiger charge is 2.25. The predicted octanol–water partition coefficient (Wildman–Crippen LogP) is 10.3. The standard InChI is InChI=1S/C39H60O4S/c1-38(2,42)36(40)34-26-22-32(23-27-34)21-19-17-15-13-11-9-7-5-6-8-10-12-14-16-18-20-30-44-31-33-24-28-35(29-25-33)37(41)39(3,4)43/h22-29,42-43H,5-21,30-31H2,1-4H3. The van der Waals surface area contributed by atoms with Gasteiger partial charge < -0.3 is 10.2 Å². The van der Waals surface area contributed by atoms with Crippen LogP contribution in [0, 0.1) is 0 Å². The van der Waals surface area contributed by atoms with Crippen LogP contribution < -0.4 is 0 Å². The van der Waals surface area contributed by atoms with Crippen molar-refractivity contribution >= 4 is 23.3 Å². The minimum absolute atomic E-state index is 0.222. The molecule has 2 aromatic rings. The number of carbonyl (C=O) groups is 2. The fourth-order valence-corrected chi connectivity index (χ4v) is 6.46. The number of aliphatic hydroxyl groups is 2. The summed E-state index contributed by atoms with van der Waals surface area (Å²) in [4.78, 5) is 24.2. The highest BCUT2D eigenvalue weighted by Crippen LogP contribution is 2.20. The van der Waals surface area contributed by atoms with Crippen molar-refractivity contribution in [2.24, 2.45) is 0 Å². The molecule has 0 atom stereocenters. The minimum Gasteiger partial charge on any atom is -0.382 e. The highest BCUT2D eigenvalue weighted by atomic mass is 32.2. The summed E-state index contributed by atoms with van der Waals surface area (Å²) in [5.74, 6) is 1.71. The van der Waals surface area contributed by atoms with E-state index in [9.17, 15) is 19.8 Å². The number of hydrogen-bond acceptors (Lipinski definition) is 5. The summed E-state index contributed by atoms with van der Waals surface area (Å²) in [5.41, 5.74) is 1.03. The fraction of sp³-hybridized carbons (Fsp3) is 0.641. The minimum atomic E-state index is -1.32. The number of thioether (sulfide) groups is 1. The maximum Gasteiger partial charge on any atom is 0.193 e. The van der Waals surface area contributed by atoms with Gasteiger partial charge in [0, 0.05) is 16.9 Å². The molecule has 4 nitrogen and oxygen atoms in total. The lowest BCUT2D eigenvalue weighted by Gasteiger charge is -2.15. The Labute approximate surface area is 272 Å². The van der Waals surface area contributed by atoms with Gasteiger partial charge >= 0.3 is 0 Å². The summed E-state index contributed by atoms with van der Waals surface area (Å²) in [7, 11) is 0. The van der Waals surface area contributed by atoms with Crippen LogP contribution in [0.4, 0.5) is 0 Å². The van der Waals surface area contributed by atoms with E-state index >= 15 is 0 Å². The summed E-state index contributed by atoms with van der Waals surface area (Å²) >= 11 is 1.97. The third-order valence-electron chi connectivity index (χ3n) is 8.32. The summed E-state index contributed by atoms with van der Waals surface area (Å²) in [6, 6.07) is 15.4. The van der Waals surface area contributed by atoms with Crippen LogP contribution in [0.25, 0.3) is 0 Å². The van der Waals surface area contributed by atoms with Gasteiger partial charge in [0.1, 0.15) is 11.2 Å². The third-order valence-corrected chi connectivity index (χ3v) is 9.43. The summed E-state index contributed by atoms with van der Waals surface area (Å²) in [6.07, 6.45) is 22.6. The van der Waals surface area contributed by atoms with E-state index in [1.165, 1.54) is 147 Å². The van der Waals surface area contributed by atoms with Gasteiger partial charge in [-0.25, -0.2) is 0 Å². The van der Waals surface area contributed by atoms with Crippen LogP contribution in [0.2, 0.25) is 0 Å². The number of aryl methyl sites for hydroxylation is 1. The lowest BCUT2D eigenvalue weighted by atomic mass is 9.95. The number of hydrogen-bond donors (Lipinski definition) is 2. The molecule has 0 amide bonds. The molecule has 0 spiro atoms. The van der Waals surface area contributed by atoms with Gasteiger partial charge in [-0.05, 0) is 63.8 Å². The van der Waals surface area contributed by atoms with Gasteiger partial charge in [0.05, 0.1) is 0 Å². The molecule has 0 aliphatic heterocycles. The van der Waals surface area contributed by atoms with Crippen molar-refractivity contribution in [2.45, 2.75) is 154 Å². The Bertz CT molecular complexity index is 974. The average Bonchev–Trinajstić information content (AvgIpc) is 2.99. The Morgan fingerprint density at radius 3 is 1.18 bits per heavy atom. The van der Waals surface area contributed by atoms with E-state index in [0.29, 0.717) is 11.1 Å². The molecule has 2 N–H and O–H groups in total. The largest absolute Gasteiger partial charge is 0.382 e.